The number of hydrogen-bond donors (Lipinski definition) is 5. The zero-order valence-corrected chi connectivity index (χ0v) is 17.1. The molecule has 0 radical (unpaired) electrons. The first-order chi connectivity index (χ1) is 15.3. The maximum Gasteiger partial charge on any atom is 0.251 e. The molecule has 5 N–H and O–H groups in total. The number of carbonyl (C=O) groups is 1. The number of carbonyl (C=O) groups excluding carboxylic acids is 1. The number of aryl methyl sites for hydroxylation is 1. The maximum absolute atomic E-state index is 12.6. The van der Waals surface area contributed by atoms with Gasteiger partial charge >= 0.3 is 0 Å². The molecule has 32 heavy (non-hydrogen) atoms. The smallest absolute Gasteiger partial charge is 0.251 e. The quantitative estimate of drug-likeness (QED) is 0.388. The van der Waals surface area contributed by atoms with Crippen LogP contribution in [0.3, 0.4) is 0 Å². The number of rotatable bonds is 4. The zero-order valence-electron chi connectivity index (χ0n) is 17.1. The number of amides is 1. The number of ether oxygens (including phenoxy) is 1. The lowest BCUT2D eigenvalue weighted by molar-refractivity contribution is -0.252. The molecule has 0 saturated carbocycles. The van der Waals surface area contributed by atoms with Crippen LogP contribution in [0, 0.1) is 6.92 Å². The molecule has 0 aliphatic carbocycles. The second-order valence-electron chi connectivity index (χ2n) is 7.78. The molecule has 2 aromatic carbocycles. The minimum absolute atomic E-state index is 0.174. The number of hydrogen-bond acceptors (Lipinski definition) is 8. The standard InChI is InChI=1S/C23H23NO8/c1-11-2-7-16-14(8-11)15(26)9-17(31-16)12-3-5-13(6-4-12)22(29)24-19-21(28)20(27)18(10-25)32-23(19)30/h2-9,18-21,23,25,27-28,30H,10H2,1H3,(H,24,29)/t18-,19?,20?,21-,23?/m1/s1. The van der Waals surface area contributed by atoms with Crippen LogP contribution in [0.1, 0.15) is 15.9 Å². The topological polar surface area (TPSA) is 149 Å². The number of fused-ring (bicyclic) bond motifs is 1. The van der Waals surface area contributed by atoms with Crippen molar-refractivity contribution in [3.05, 3.63) is 69.9 Å². The maximum atomic E-state index is 12.6. The lowest BCUT2D eigenvalue weighted by Gasteiger charge is -2.40. The SMILES string of the molecule is Cc1ccc2oc(-c3ccc(C(=O)NC4C(O)O[C@H](CO)C(O)[C@@H]4O)cc3)cc(=O)c2c1. The van der Waals surface area contributed by atoms with Crippen molar-refractivity contribution in [1.29, 1.82) is 0 Å². The first kappa shape index (κ1) is 22.1. The second-order valence-corrected chi connectivity index (χ2v) is 7.78. The fourth-order valence-electron chi connectivity index (χ4n) is 3.69. The van der Waals surface area contributed by atoms with Crippen LogP contribution in [0.5, 0.6) is 0 Å². The Labute approximate surface area is 182 Å². The second kappa shape index (κ2) is 8.81. The van der Waals surface area contributed by atoms with Crippen molar-refractivity contribution in [3.8, 4) is 11.3 Å². The minimum atomic E-state index is -1.61. The molecule has 9 nitrogen and oxygen atoms in total. The van der Waals surface area contributed by atoms with Gasteiger partial charge in [-0.1, -0.05) is 23.8 Å². The third-order valence-corrected chi connectivity index (χ3v) is 5.51. The Morgan fingerprint density at radius 2 is 1.75 bits per heavy atom. The van der Waals surface area contributed by atoms with E-state index in [1.54, 1.807) is 24.3 Å². The molecule has 1 saturated heterocycles. The van der Waals surface area contributed by atoms with Crippen molar-refractivity contribution < 1.29 is 34.4 Å². The summed E-state index contributed by atoms with van der Waals surface area (Å²) >= 11 is 0. The minimum Gasteiger partial charge on any atom is -0.456 e. The van der Waals surface area contributed by atoms with Gasteiger partial charge in [0.25, 0.3) is 5.91 Å². The summed E-state index contributed by atoms with van der Waals surface area (Å²) in [6.07, 6.45) is -5.78. The van der Waals surface area contributed by atoms with Crippen molar-refractivity contribution in [2.24, 2.45) is 0 Å². The highest BCUT2D eigenvalue weighted by atomic mass is 16.6. The van der Waals surface area contributed by atoms with E-state index in [9.17, 15) is 24.9 Å². The Balaban J connectivity index is 1.53. The summed E-state index contributed by atoms with van der Waals surface area (Å²) in [6.45, 7) is 1.29. The van der Waals surface area contributed by atoms with Crippen LogP contribution < -0.4 is 10.7 Å². The molecular formula is C23H23NO8. The highest BCUT2D eigenvalue weighted by Crippen LogP contribution is 2.24. The lowest BCUT2D eigenvalue weighted by Crippen LogP contribution is -2.64. The van der Waals surface area contributed by atoms with Gasteiger partial charge in [0.15, 0.2) is 11.7 Å². The third kappa shape index (κ3) is 4.16. The fourth-order valence-corrected chi connectivity index (χ4v) is 3.69. The van der Waals surface area contributed by atoms with E-state index in [2.05, 4.69) is 5.32 Å². The van der Waals surface area contributed by atoms with E-state index in [0.717, 1.165) is 5.56 Å². The fraction of sp³-hybridized carbons (Fsp3) is 0.304. The number of aliphatic hydroxyl groups excluding tert-OH is 4. The van der Waals surface area contributed by atoms with Gasteiger partial charge in [-0.3, -0.25) is 9.59 Å². The largest absolute Gasteiger partial charge is 0.456 e. The van der Waals surface area contributed by atoms with Crippen molar-refractivity contribution in [3.63, 3.8) is 0 Å². The lowest BCUT2D eigenvalue weighted by atomic mass is 9.96. The molecule has 2 heterocycles. The number of benzene rings is 2. The molecule has 1 aliphatic rings. The molecule has 0 bridgehead atoms. The Hall–Kier alpha value is -3.08. The van der Waals surface area contributed by atoms with E-state index in [-0.39, 0.29) is 11.0 Å². The summed E-state index contributed by atoms with van der Waals surface area (Å²) < 4.78 is 10.9. The zero-order chi connectivity index (χ0) is 23.0. The van der Waals surface area contributed by atoms with Crippen molar-refractivity contribution >= 4 is 16.9 Å². The van der Waals surface area contributed by atoms with Gasteiger partial charge in [0.1, 0.15) is 35.7 Å². The van der Waals surface area contributed by atoms with Gasteiger partial charge in [0, 0.05) is 17.2 Å². The van der Waals surface area contributed by atoms with Crippen LogP contribution in [-0.2, 0) is 4.74 Å². The molecule has 1 aliphatic heterocycles. The summed E-state index contributed by atoms with van der Waals surface area (Å²) in [5.41, 5.74) is 2.03. The van der Waals surface area contributed by atoms with E-state index < -0.39 is 43.2 Å². The normalized spacial score (nSPS) is 25.6. The first-order valence-electron chi connectivity index (χ1n) is 10.0. The molecule has 3 aromatic rings. The van der Waals surface area contributed by atoms with Gasteiger partial charge in [0.05, 0.1) is 12.0 Å². The van der Waals surface area contributed by atoms with Crippen LogP contribution in [0.25, 0.3) is 22.3 Å². The van der Waals surface area contributed by atoms with Gasteiger partial charge in [-0.05, 0) is 31.2 Å². The van der Waals surface area contributed by atoms with E-state index in [4.69, 9.17) is 14.3 Å². The van der Waals surface area contributed by atoms with E-state index >= 15 is 0 Å². The summed E-state index contributed by atoms with van der Waals surface area (Å²) in [5.74, 6) is -0.267. The van der Waals surface area contributed by atoms with Crippen LogP contribution >= 0.6 is 0 Å². The van der Waals surface area contributed by atoms with Gasteiger partial charge in [0.2, 0.25) is 0 Å². The Morgan fingerprint density at radius 1 is 1.03 bits per heavy atom. The van der Waals surface area contributed by atoms with Crippen LogP contribution in [0.4, 0.5) is 0 Å². The summed E-state index contributed by atoms with van der Waals surface area (Å²) in [6, 6.07) is 11.6. The predicted molar refractivity (Wildman–Crippen MR) is 114 cm³/mol. The van der Waals surface area contributed by atoms with Crippen molar-refractivity contribution in [2.75, 3.05) is 6.61 Å². The van der Waals surface area contributed by atoms with Gasteiger partial charge in [-0.15, -0.1) is 0 Å². The molecule has 3 unspecified atom stereocenters. The molecule has 9 heteroatoms. The van der Waals surface area contributed by atoms with E-state index in [1.807, 2.05) is 13.0 Å². The molecule has 1 amide bonds. The molecule has 168 valence electrons. The van der Waals surface area contributed by atoms with Crippen molar-refractivity contribution in [2.45, 2.75) is 37.6 Å². The molecular weight excluding hydrogens is 418 g/mol. The first-order valence-corrected chi connectivity index (χ1v) is 10.0. The summed E-state index contributed by atoms with van der Waals surface area (Å²) in [4.78, 5) is 25.0. The van der Waals surface area contributed by atoms with Crippen LogP contribution in [-0.4, -0.2) is 63.6 Å². The monoisotopic (exact) mass is 441 g/mol. The van der Waals surface area contributed by atoms with Crippen molar-refractivity contribution in [1.82, 2.24) is 5.32 Å². The molecule has 1 fully saturated rings. The van der Waals surface area contributed by atoms with Gasteiger partial charge in [-0.2, -0.15) is 0 Å². The molecule has 5 atom stereocenters. The summed E-state index contributed by atoms with van der Waals surface area (Å²) in [7, 11) is 0. The summed E-state index contributed by atoms with van der Waals surface area (Å²) in [5, 5.41) is 42.2. The average Bonchev–Trinajstić information content (AvgIpc) is 2.79. The highest BCUT2D eigenvalue weighted by molar-refractivity contribution is 5.95. The number of aliphatic hydroxyl groups is 4. The Kier molecular flexibility index (Phi) is 6.09. The molecule has 4 rings (SSSR count). The number of nitrogens with one attached hydrogen (secondary N) is 1. The van der Waals surface area contributed by atoms with E-state index in [1.165, 1.54) is 18.2 Å². The van der Waals surface area contributed by atoms with Gasteiger partial charge in [-0.25, -0.2) is 0 Å². The average molecular weight is 441 g/mol. The van der Waals surface area contributed by atoms with Crippen LogP contribution in [0.15, 0.2) is 57.7 Å². The highest BCUT2D eigenvalue weighted by Gasteiger charge is 2.44. The Bertz CT molecular complexity index is 1190. The molecule has 1 aromatic heterocycles. The predicted octanol–water partition coefficient (Wildman–Crippen LogP) is 0.298. The third-order valence-electron chi connectivity index (χ3n) is 5.51. The van der Waals surface area contributed by atoms with Crippen LogP contribution in [0.2, 0.25) is 0 Å². The van der Waals surface area contributed by atoms with E-state index in [0.29, 0.717) is 22.3 Å². The van der Waals surface area contributed by atoms with Gasteiger partial charge < -0.3 is 34.9 Å². The molecule has 0 spiro atoms. The Morgan fingerprint density at radius 3 is 2.44 bits per heavy atom.